The van der Waals surface area contributed by atoms with Crippen LogP contribution in [0.15, 0.2) is 12.1 Å². The number of rotatable bonds is 4. The van der Waals surface area contributed by atoms with Gasteiger partial charge in [0.25, 0.3) is 0 Å². The van der Waals surface area contributed by atoms with Crippen molar-refractivity contribution in [2.24, 2.45) is 0 Å². The lowest BCUT2D eigenvalue weighted by Gasteiger charge is -2.13. The lowest BCUT2D eigenvalue weighted by atomic mass is 10.3. The summed E-state index contributed by atoms with van der Waals surface area (Å²) < 4.78 is 4.84. The molecule has 0 aliphatic heterocycles. The molecule has 0 radical (unpaired) electrons. The van der Waals surface area contributed by atoms with E-state index in [9.17, 15) is 4.79 Å². The highest BCUT2D eigenvalue weighted by atomic mass is 35.5. The monoisotopic (exact) mass is 243 g/mol. The average molecular weight is 244 g/mol. The molecule has 88 valence electrons. The molecule has 5 nitrogen and oxygen atoms in total. The predicted octanol–water partition coefficient (Wildman–Crippen LogP) is 1.68. The van der Waals surface area contributed by atoms with Gasteiger partial charge in [0.2, 0.25) is 0 Å². The Hall–Kier alpha value is -1.49. The third kappa shape index (κ3) is 3.58. The standard InChI is InChI=1S/C10H14ClN3O2/c1-3-16-10(15)6(2)13-9-5-7(12)4-8(11)14-9/h4-6H,3H2,1-2H3,(H3,12,13,14). The second kappa shape index (κ2) is 5.55. The van der Waals surface area contributed by atoms with Gasteiger partial charge in [0.1, 0.15) is 17.0 Å². The molecule has 1 aromatic heterocycles. The van der Waals surface area contributed by atoms with E-state index in [-0.39, 0.29) is 11.1 Å². The maximum Gasteiger partial charge on any atom is 0.328 e. The summed E-state index contributed by atoms with van der Waals surface area (Å²) in [4.78, 5) is 15.3. The maximum atomic E-state index is 11.3. The minimum absolute atomic E-state index is 0.276. The number of carbonyl (C=O) groups is 1. The van der Waals surface area contributed by atoms with Crippen molar-refractivity contribution in [2.75, 3.05) is 17.7 Å². The molecule has 1 aromatic rings. The Morgan fingerprint density at radius 2 is 2.38 bits per heavy atom. The SMILES string of the molecule is CCOC(=O)C(C)Nc1cc(N)cc(Cl)n1. The maximum absolute atomic E-state index is 11.3. The number of ether oxygens (including phenoxy) is 1. The molecular weight excluding hydrogens is 230 g/mol. The lowest BCUT2D eigenvalue weighted by molar-refractivity contribution is -0.143. The van der Waals surface area contributed by atoms with Crippen LogP contribution >= 0.6 is 11.6 Å². The summed E-state index contributed by atoms with van der Waals surface area (Å²) in [5.41, 5.74) is 6.07. The van der Waals surface area contributed by atoms with E-state index in [1.807, 2.05) is 0 Å². The fourth-order valence-electron chi connectivity index (χ4n) is 1.14. The van der Waals surface area contributed by atoms with Crippen LogP contribution < -0.4 is 11.1 Å². The summed E-state index contributed by atoms with van der Waals surface area (Å²) in [6, 6.07) is 2.63. The number of halogens is 1. The number of nitrogens with zero attached hydrogens (tertiary/aromatic N) is 1. The molecule has 0 bridgehead atoms. The molecule has 16 heavy (non-hydrogen) atoms. The first-order valence-corrected chi connectivity index (χ1v) is 5.27. The molecule has 3 N–H and O–H groups in total. The number of hydrogen-bond acceptors (Lipinski definition) is 5. The quantitative estimate of drug-likeness (QED) is 0.622. The van der Waals surface area contributed by atoms with Gasteiger partial charge in [0.05, 0.1) is 6.61 Å². The van der Waals surface area contributed by atoms with Gasteiger partial charge >= 0.3 is 5.97 Å². The van der Waals surface area contributed by atoms with Gasteiger partial charge in [-0.1, -0.05) is 11.6 Å². The van der Waals surface area contributed by atoms with Crippen LogP contribution in [0, 0.1) is 0 Å². The van der Waals surface area contributed by atoms with Gasteiger partial charge in [-0.25, -0.2) is 9.78 Å². The Morgan fingerprint density at radius 1 is 1.69 bits per heavy atom. The van der Waals surface area contributed by atoms with Crippen molar-refractivity contribution in [1.29, 1.82) is 0 Å². The van der Waals surface area contributed by atoms with Crippen molar-refractivity contribution >= 4 is 29.1 Å². The molecule has 0 spiro atoms. The average Bonchev–Trinajstić information content (AvgIpc) is 2.16. The first kappa shape index (κ1) is 12.6. The van der Waals surface area contributed by atoms with Gasteiger partial charge in [-0.05, 0) is 19.9 Å². The van der Waals surface area contributed by atoms with E-state index in [1.165, 1.54) is 6.07 Å². The van der Waals surface area contributed by atoms with Crippen LogP contribution in [-0.2, 0) is 9.53 Å². The second-order valence-electron chi connectivity index (χ2n) is 3.23. The third-order valence-electron chi connectivity index (χ3n) is 1.82. The van der Waals surface area contributed by atoms with Gasteiger partial charge < -0.3 is 15.8 Å². The van der Waals surface area contributed by atoms with Crippen LogP contribution in [0.1, 0.15) is 13.8 Å². The topological polar surface area (TPSA) is 77.2 Å². The highest BCUT2D eigenvalue weighted by Gasteiger charge is 2.14. The summed E-state index contributed by atoms with van der Waals surface area (Å²) >= 11 is 5.73. The number of anilines is 2. The van der Waals surface area contributed by atoms with Crippen molar-refractivity contribution in [3.8, 4) is 0 Å². The van der Waals surface area contributed by atoms with Crippen LogP contribution in [0.25, 0.3) is 0 Å². The Bertz CT molecular complexity index is 364. The molecule has 0 saturated carbocycles. The summed E-state index contributed by atoms with van der Waals surface area (Å²) in [5, 5.41) is 3.13. The largest absolute Gasteiger partial charge is 0.464 e. The molecular formula is C10H14ClN3O2. The van der Waals surface area contributed by atoms with Crippen molar-refractivity contribution < 1.29 is 9.53 Å². The molecule has 1 unspecified atom stereocenters. The van der Waals surface area contributed by atoms with Crippen molar-refractivity contribution in [3.05, 3.63) is 17.3 Å². The lowest BCUT2D eigenvalue weighted by Crippen LogP contribution is -2.28. The number of pyridine rings is 1. The summed E-state index contributed by atoms with van der Waals surface area (Å²) in [6.07, 6.45) is 0. The number of nitrogens with one attached hydrogen (secondary N) is 1. The van der Waals surface area contributed by atoms with Crippen LogP contribution in [-0.4, -0.2) is 23.6 Å². The zero-order valence-corrected chi connectivity index (χ0v) is 9.91. The molecule has 1 rings (SSSR count). The highest BCUT2D eigenvalue weighted by Crippen LogP contribution is 2.16. The van der Waals surface area contributed by atoms with Gasteiger partial charge in [0, 0.05) is 11.8 Å². The smallest absolute Gasteiger partial charge is 0.328 e. The van der Waals surface area contributed by atoms with E-state index in [1.54, 1.807) is 19.9 Å². The van der Waals surface area contributed by atoms with E-state index in [4.69, 9.17) is 22.1 Å². The van der Waals surface area contributed by atoms with Gasteiger partial charge in [-0.15, -0.1) is 0 Å². The Morgan fingerprint density at radius 3 is 2.94 bits per heavy atom. The van der Waals surface area contributed by atoms with E-state index in [0.29, 0.717) is 18.1 Å². The van der Waals surface area contributed by atoms with Gasteiger partial charge in [0.15, 0.2) is 0 Å². The zero-order valence-electron chi connectivity index (χ0n) is 9.16. The first-order valence-electron chi connectivity index (χ1n) is 4.89. The molecule has 0 aromatic carbocycles. The van der Waals surface area contributed by atoms with E-state index < -0.39 is 6.04 Å². The van der Waals surface area contributed by atoms with Gasteiger partial charge in [-0.3, -0.25) is 0 Å². The molecule has 1 atom stereocenters. The molecule has 0 amide bonds. The minimum Gasteiger partial charge on any atom is -0.464 e. The Labute approximate surface area is 98.9 Å². The van der Waals surface area contributed by atoms with Crippen LogP contribution in [0.5, 0.6) is 0 Å². The molecule has 0 fully saturated rings. The van der Waals surface area contributed by atoms with Crippen LogP contribution in [0.2, 0.25) is 5.15 Å². The number of carbonyl (C=O) groups excluding carboxylic acids is 1. The zero-order chi connectivity index (χ0) is 12.1. The van der Waals surface area contributed by atoms with Crippen molar-refractivity contribution in [1.82, 2.24) is 4.98 Å². The van der Waals surface area contributed by atoms with Crippen LogP contribution in [0.4, 0.5) is 11.5 Å². The van der Waals surface area contributed by atoms with Gasteiger partial charge in [-0.2, -0.15) is 0 Å². The summed E-state index contributed by atoms with van der Waals surface area (Å²) in [7, 11) is 0. The predicted molar refractivity (Wildman–Crippen MR) is 63.4 cm³/mol. The van der Waals surface area contributed by atoms with Crippen molar-refractivity contribution in [2.45, 2.75) is 19.9 Å². The minimum atomic E-state index is -0.495. The van der Waals surface area contributed by atoms with E-state index in [0.717, 1.165) is 0 Å². The Balaban J connectivity index is 2.69. The molecule has 0 saturated heterocycles. The third-order valence-corrected chi connectivity index (χ3v) is 2.01. The first-order chi connectivity index (χ1) is 7.52. The molecule has 0 aliphatic carbocycles. The number of aromatic nitrogens is 1. The number of esters is 1. The molecule has 6 heteroatoms. The number of nitrogens with two attached hydrogens (primary N) is 1. The second-order valence-corrected chi connectivity index (χ2v) is 3.61. The van der Waals surface area contributed by atoms with Crippen molar-refractivity contribution in [3.63, 3.8) is 0 Å². The Kier molecular flexibility index (Phi) is 4.37. The fraction of sp³-hybridized carbons (Fsp3) is 0.400. The van der Waals surface area contributed by atoms with E-state index in [2.05, 4.69) is 10.3 Å². The number of nitrogen functional groups attached to an aromatic ring is 1. The molecule has 0 aliphatic rings. The normalized spacial score (nSPS) is 11.9. The fourth-order valence-corrected chi connectivity index (χ4v) is 1.36. The van der Waals surface area contributed by atoms with Crippen LogP contribution in [0.3, 0.4) is 0 Å². The highest BCUT2D eigenvalue weighted by molar-refractivity contribution is 6.29. The molecule has 1 heterocycles. The number of hydrogen-bond donors (Lipinski definition) is 2. The summed E-state index contributed by atoms with van der Waals surface area (Å²) in [6.45, 7) is 3.77. The van der Waals surface area contributed by atoms with E-state index >= 15 is 0 Å². The summed E-state index contributed by atoms with van der Waals surface area (Å²) in [5.74, 6) is 0.105.